The van der Waals surface area contributed by atoms with Crippen molar-refractivity contribution in [3.63, 3.8) is 0 Å². The van der Waals surface area contributed by atoms with Crippen LogP contribution in [-0.2, 0) is 9.47 Å². The van der Waals surface area contributed by atoms with Crippen LogP contribution >= 0.6 is 0 Å². The van der Waals surface area contributed by atoms with Crippen LogP contribution in [0.25, 0.3) is 0 Å². The number of nitrogen functional groups attached to an aromatic ring is 1. The van der Waals surface area contributed by atoms with Gasteiger partial charge in [0, 0.05) is 17.8 Å². The molecule has 2 fully saturated rings. The summed E-state index contributed by atoms with van der Waals surface area (Å²) in [6.45, 7) is 1.66. The molecule has 1 aromatic rings. The third kappa shape index (κ3) is 2.21. The van der Waals surface area contributed by atoms with Gasteiger partial charge in [-0.3, -0.25) is 0 Å². The number of para-hydroxylation sites is 1. The molecule has 2 heterocycles. The highest BCUT2D eigenvalue weighted by Gasteiger charge is 2.32. The van der Waals surface area contributed by atoms with Crippen molar-refractivity contribution in [2.45, 2.75) is 25.2 Å². The van der Waals surface area contributed by atoms with Gasteiger partial charge in [-0.15, -0.1) is 0 Å². The molecule has 1 unspecified atom stereocenters. The molecule has 20 heavy (non-hydrogen) atoms. The summed E-state index contributed by atoms with van der Waals surface area (Å²) in [5.41, 5.74) is 8.44. The summed E-state index contributed by atoms with van der Waals surface area (Å²) < 4.78 is 11.0. The minimum Gasteiger partial charge on any atom is -0.465 e. The predicted molar refractivity (Wildman–Crippen MR) is 72.2 cm³/mol. The molecule has 6 heteroatoms. The van der Waals surface area contributed by atoms with Gasteiger partial charge in [0.05, 0.1) is 19.3 Å². The van der Waals surface area contributed by atoms with E-state index < -0.39 is 12.4 Å². The summed E-state index contributed by atoms with van der Waals surface area (Å²) in [5.74, 6) is 0. The second kappa shape index (κ2) is 5.30. The molecule has 2 saturated heterocycles. The molecule has 2 aliphatic rings. The Hall–Kier alpha value is -1.79. The Morgan fingerprint density at radius 3 is 2.70 bits per heavy atom. The standard InChI is InChI=1S/C14H18N2O4/c15-12-9(11-5-2-6-16(11)14(17)18)3-1-4-10(12)13-19-7-8-20-13/h1,3-4,11,13H,2,5-8,15H2,(H,17,18). The first-order valence-corrected chi connectivity index (χ1v) is 6.79. The van der Waals surface area contributed by atoms with Crippen molar-refractivity contribution < 1.29 is 19.4 Å². The maximum Gasteiger partial charge on any atom is 0.407 e. The van der Waals surface area contributed by atoms with Crippen LogP contribution < -0.4 is 5.73 Å². The molecule has 0 radical (unpaired) electrons. The molecule has 3 N–H and O–H groups in total. The molecule has 0 aliphatic carbocycles. The molecule has 6 nitrogen and oxygen atoms in total. The van der Waals surface area contributed by atoms with E-state index in [-0.39, 0.29) is 6.04 Å². The van der Waals surface area contributed by atoms with Crippen LogP contribution in [0.2, 0.25) is 0 Å². The fourth-order valence-corrected chi connectivity index (χ4v) is 2.95. The van der Waals surface area contributed by atoms with Gasteiger partial charge in [0.1, 0.15) is 0 Å². The minimum atomic E-state index is -0.898. The summed E-state index contributed by atoms with van der Waals surface area (Å²) in [6, 6.07) is 5.47. The number of nitrogens with two attached hydrogens (primary N) is 1. The smallest absolute Gasteiger partial charge is 0.407 e. The van der Waals surface area contributed by atoms with Gasteiger partial charge >= 0.3 is 6.09 Å². The molecule has 1 amide bonds. The van der Waals surface area contributed by atoms with Gasteiger partial charge in [0.15, 0.2) is 6.29 Å². The average molecular weight is 278 g/mol. The summed E-state index contributed by atoms with van der Waals surface area (Å²) in [6.07, 6.45) is 0.323. The van der Waals surface area contributed by atoms with Crippen LogP contribution in [0.5, 0.6) is 0 Å². The normalized spacial score (nSPS) is 23.4. The molecule has 0 aromatic heterocycles. The van der Waals surface area contributed by atoms with Crippen LogP contribution in [0.3, 0.4) is 0 Å². The van der Waals surface area contributed by atoms with E-state index in [9.17, 15) is 9.90 Å². The lowest BCUT2D eigenvalue weighted by Gasteiger charge is -2.25. The van der Waals surface area contributed by atoms with E-state index in [1.54, 1.807) is 0 Å². The SMILES string of the molecule is Nc1c(C2OCCO2)cccc1C1CCCN1C(=O)O. The van der Waals surface area contributed by atoms with Crippen molar-refractivity contribution in [3.05, 3.63) is 29.3 Å². The second-order valence-electron chi connectivity index (χ2n) is 5.06. The fraction of sp³-hybridized carbons (Fsp3) is 0.500. The van der Waals surface area contributed by atoms with Crippen LogP contribution in [0, 0.1) is 0 Å². The lowest BCUT2D eigenvalue weighted by molar-refractivity contribution is -0.0436. The molecule has 1 aromatic carbocycles. The van der Waals surface area contributed by atoms with E-state index in [0.717, 1.165) is 24.0 Å². The second-order valence-corrected chi connectivity index (χ2v) is 5.06. The summed E-state index contributed by atoms with van der Waals surface area (Å²) in [4.78, 5) is 12.7. The first-order valence-electron chi connectivity index (χ1n) is 6.79. The van der Waals surface area contributed by atoms with E-state index in [1.165, 1.54) is 4.90 Å². The third-order valence-corrected chi connectivity index (χ3v) is 3.91. The summed E-state index contributed by atoms with van der Waals surface area (Å²) >= 11 is 0. The molecule has 3 rings (SSSR count). The maximum atomic E-state index is 11.3. The first kappa shape index (κ1) is 13.2. The first-order chi connectivity index (χ1) is 9.68. The van der Waals surface area contributed by atoms with Crippen LogP contribution in [0.4, 0.5) is 10.5 Å². The van der Waals surface area contributed by atoms with Gasteiger partial charge in [-0.25, -0.2) is 4.79 Å². The van der Waals surface area contributed by atoms with Crippen molar-refractivity contribution >= 4 is 11.8 Å². The number of hydrogen-bond donors (Lipinski definition) is 2. The monoisotopic (exact) mass is 278 g/mol. The lowest BCUT2D eigenvalue weighted by atomic mass is 9.99. The zero-order valence-electron chi connectivity index (χ0n) is 11.1. The van der Waals surface area contributed by atoms with Gasteiger partial charge in [0.2, 0.25) is 0 Å². The highest BCUT2D eigenvalue weighted by molar-refractivity contribution is 5.67. The number of nitrogens with zero attached hydrogens (tertiary/aromatic N) is 1. The quantitative estimate of drug-likeness (QED) is 0.809. The van der Waals surface area contributed by atoms with E-state index in [2.05, 4.69) is 0 Å². The Bertz CT molecular complexity index is 514. The fourth-order valence-electron chi connectivity index (χ4n) is 2.95. The number of benzene rings is 1. The number of carbonyl (C=O) groups is 1. The minimum absolute atomic E-state index is 0.172. The van der Waals surface area contributed by atoms with E-state index in [0.29, 0.717) is 25.4 Å². The summed E-state index contributed by atoms with van der Waals surface area (Å²) in [7, 11) is 0. The lowest BCUT2D eigenvalue weighted by Crippen LogP contribution is -2.29. The van der Waals surface area contributed by atoms with Crippen molar-refractivity contribution in [2.24, 2.45) is 0 Å². The number of rotatable bonds is 2. The van der Waals surface area contributed by atoms with Gasteiger partial charge in [-0.1, -0.05) is 18.2 Å². The predicted octanol–water partition coefficient (Wildman–Crippen LogP) is 2.13. The number of ether oxygens (including phenoxy) is 2. The zero-order valence-corrected chi connectivity index (χ0v) is 11.1. The maximum absolute atomic E-state index is 11.3. The molecular weight excluding hydrogens is 260 g/mol. The van der Waals surface area contributed by atoms with Crippen molar-refractivity contribution in [3.8, 4) is 0 Å². The van der Waals surface area contributed by atoms with E-state index >= 15 is 0 Å². The van der Waals surface area contributed by atoms with Crippen molar-refractivity contribution in [1.82, 2.24) is 4.90 Å². The third-order valence-electron chi connectivity index (χ3n) is 3.91. The van der Waals surface area contributed by atoms with Crippen molar-refractivity contribution in [2.75, 3.05) is 25.5 Å². The number of anilines is 1. The largest absolute Gasteiger partial charge is 0.465 e. The Balaban J connectivity index is 1.93. The molecular formula is C14H18N2O4. The number of likely N-dealkylation sites (tertiary alicyclic amines) is 1. The molecule has 0 spiro atoms. The summed E-state index contributed by atoms with van der Waals surface area (Å²) in [5, 5.41) is 9.25. The van der Waals surface area contributed by atoms with Gasteiger partial charge < -0.3 is 25.2 Å². The Labute approximate surface area is 117 Å². The van der Waals surface area contributed by atoms with Crippen molar-refractivity contribution in [1.29, 1.82) is 0 Å². The van der Waals surface area contributed by atoms with Crippen LogP contribution in [0.15, 0.2) is 18.2 Å². The molecule has 0 saturated carbocycles. The molecule has 2 aliphatic heterocycles. The molecule has 108 valence electrons. The van der Waals surface area contributed by atoms with Gasteiger partial charge in [0.25, 0.3) is 0 Å². The Morgan fingerprint density at radius 1 is 1.30 bits per heavy atom. The highest BCUT2D eigenvalue weighted by Crippen LogP contribution is 2.38. The van der Waals surface area contributed by atoms with E-state index in [1.807, 2.05) is 18.2 Å². The topological polar surface area (TPSA) is 85.0 Å². The molecule has 0 bridgehead atoms. The molecule has 1 atom stereocenters. The Morgan fingerprint density at radius 2 is 2.00 bits per heavy atom. The highest BCUT2D eigenvalue weighted by atomic mass is 16.7. The van der Waals surface area contributed by atoms with Gasteiger partial charge in [-0.2, -0.15) is 0 Å². The number of amides is 1. The number of hydrogen-bond acceptors (Lipinski definition) is 4. The van der Waals surface area contributed by atoms with E-state index in [4.69, 9.17) is 15.2 Å². The Kier molecular flexibility index (Phi) is 3.50. The van der Waals surface area contributed by atoms with Crippen LogP contribution in [0.1, 0.15) is 36.3 Å². The average Bonchev–Trinajstić information content (AvgIpc) is 3.10. The number of carboxylic acid groups (broad SMARTS) is 1. The zero-order chi connectivity index (χ0) is 14.1. The van der Waals surface area contributed by atoms with Crippen LogP contribution in [-0.4, -0.2) is 35.9 Å². The van der Waals surface area contributed by atoms with Gasteiger partial charge in [-0.05, 0) is 18.4 Å².